The second-order valence-corrected chi connectivity index (χ2v) is 6.02. The molecule has 0 fully saturated rings. The molecular formula is C10H13Cl2NO2S. The fourth-order valence-electron chi connectivity index (χ4n) is 1.16. The predicted octanol–water partition coefficient (Wildman–Crippen LogP) is 2.82. The molecule has 0 saturated heterocycles. The Morgan fingerprint density at radius 3 is 2.50 bits per heavy atom. The Kier molecular flexibility index (Phi) is 5.05. The first-order valence-electron chi connectivity index (χ1n) is 4.86. The molecule has 0 aromatic heterocycles. The largest absolute Gasteiger partial charge is 0.215 e. The topological polar surface area (TPSA) is 46.2 Å². The number of benzene rings is 1. The number of hydrogen-bond donors (Lipinski definition) is 1. The zero-order chi connectivity index (χ0) is 12.2. The average Bonchev–Trinajstić information content (AvgIpc) is 2.20. The van der Waals surface area contributed by atoms with E-state index in [2.05, 4.69) is 4.72 Å². The Morgan fingerprint density at radius 1 is 1.25 bits per heavy atom. The fraction of sp³-hybridized carbons (Fsp3) is 0.400. The molecule has 1 N–H and O–H groups in total. The van der Waals surface area contributed by atoms with Gasteiger partial charge in [0.25, 0.3) is 0 Å². The van der Waals surface area contributed by atoms with Crippen LogP contribution in [0.1, 0.15) is 18.9 Å². The minimum Gasteiger partial charge on any atom is -0.215 e. The highest BCUT2D eigenvalue weighted by molar-refractivity contribution is 7.88. The van der Waals surface area contributed by atoms with Crippen molar-refractivity contribution in [2.24, 2.45) is 0 Å². The van der Waals surface area contributed by atoms with Gasteiger partial charge in [0.1, 0.15) is 0 Å². The number of hydrogen-bond acceptors (Lipinski definition) is 2. The molecule has 3 nitrogen and oxygen atoms in total. The zero-order valence-electron chi connectivity index (χ0n) is 8.83. The molecule has 0 aliphatic carbocycles. The molecule has 0 atom stereocenters. The van der Waals surface area contributed by atoms with Crippen molar-refractivity contribution in [3.63, 3.8) is 0 Å². The quantitative estimate of drug-likeness (QED) is 0.902. The van der Waals surface area contributed by atoms with Crippen LogP contribution in [0.4, 0.5) is 0 Å². The summed E-state index contributed by atoms with van der Waals surface area (Å²) in [6, 6.07) is 4.81. The van der Waals surface area contributed by atoms with Crippen molar-refractivity contribution in [1.29, 1.82) is 0 Å². The van der Waals surface area contributed by atoms with Gasteiger partial charge in [0.05, 0.1) is 15.8 Å². The molecule has 1 rings (SSSR count). The highest BCUT2D eigenvalue weighted by atomic mass is 35.5. The highest BCUT2D eigenvalue weighted by Gasteiger charge is 2.11. The highest BCUT2D eigenvalue weighted by Crippen LogP contribution is 2.23. The van der Waals surface area contributed by atoms with Crippen molar-refractivity contribution in [2.75, 3.05) is 6.54 Å². The summed E-state index contributed by atoms with van der Waals surface area (Å²) in [6.07, 6.45) is 0.764. The number of nitrogens with one attached hydrogen (secondary N) is 1. The van der Waals surface area contributed by atoms with Crippen LogP contribution < -0.4 is 4.72 Å². The van der Waals surface area contributed by atoms with E-state index in [-0.39, 0.29) is 5.75 Å². The summed E-state index contributed by atoms with van der Waals surface area (Å²) in [4.78, 5) is 0. The van der Waals surface area contributed by atoms with E-state index in [1.54, 1.807) is 18.2 Å². The molecule has 90 valence electrons. The van der Waals surface area contributed by atoms with Crippen molar-refractivity contribution in [1.82, 2.24) is 4.72 Å². The first kappa shape index (κ1) is 13.8. The lowest BCUT2D eigenvalue weighted by Gasteiger charge is -2.06. The number of halogens is 2. The first-order chi connectivity index (χ1) is 7.44. The summed E-state index contributed by atoms with van der Waals surface area (Å²) in [5.41, 5.74) is 0.623. The third kappa shape index (κ3) is 4.29. The van der Waals surface area contributed by atoms with Crippen LogP contribution in [0.5, 0.6) is 0 Å². The van der Waals surface area contributed by atoms with E-state index in [0.717, 1.165) is 6.42 Å². The van der Waals surface area contributed by atoms with Crippen LogP contribution in [-0.4, -0.2) is 15.0 Å². The van der Waals surface area contributed by atoms with Crippen LogP contribution in [0.2, 0.25) is 10.0 Å². The van der Waals surface area contributed by atoms with Crippen molar-refractivity contribution < 1.29 is 8.42 Å². The lowest BCUT2D eigenvalue weighted by molar-refractivity contribution is 0.580. The Labute approximate surface area is 106 Å². The molecule has 0 heterocycles. The van der Waals surface area contributed by atoms with Gasteiger partial charge in [-0.25, -0.2) is 13.1 Å². The maximum absolute atomic E-state index is 11.6. The van der Waals surface area contributed by atoms with E-state index in [0.29, 0.717) is 22.2 Å². The number of sulfonamides is 1. The van der Waals surface area contributed by atoms with Crippen molar-refractivity contribution in [2.45, 2.75) is 19.1 Å². The van der Waals surface area contributed by atoms with E-state index >= 15 is 0 Å². The van der Waals surface area contributed by atoms with Gasteiger partial charge in [-0.3, -0.25) is 0 Å². The summed E-state index contributed by atoms with van der Waals surface area (Å²) < 4.78 is 25.6. The maximum Gasteiger partial charge on any atom is 0.215 e. The summed E-state index contributed by atoms with van der Waals surface area (Å²) >= 11 is 11.5. The van der Waals surface area contributed by atoms with Crippen LogP contribution in [0.25, 0.3) is 0 Å². The standard InChI is InChI=1S/C10H13Cl2NO2S/c1-2-5-13-16(14,15)7-8-3-4-9(11)10(12)6-8/h3-4,6,13H,2,5,7H2,1H3. The normalized spacial score (nSPS) is 11.7. The molecule has 0 aliphatic rings. The van der Waals surface area contributed by atoms with Crippen LogP contribution >= 0.6 is 23.2 Å². The Bertz CT molecular complexity index is 460. The third-order valence-corrected chi connectivity index (χ3v) is 4.01. The molecule has 16 heavy (non-hydrogen) atoms. The molecule has 0 radical (unpaired) electrons. The van der Waals surface area contributed by atoms with E-state index in [9.17, 15) is 8.42 Å². The van der Waals surface area contributed by atoms with E-state index in [4.69, 9.17) is 23.2 Å². The maximum atomic E-state index is 11.6. The second-order valence-electron chi connectivity index (χ2n) is 3.40. The van der Waals surface area contributed by atoms with Gasteiger partial charge in [-0.2, -0.15) is 0 Å². The molecule has 0 bridgehead atoms. The summed E-state index contributed by atoms with van der Waals surface area (Å²) in [5.74, 6) is -0.0795. The second kappa shape index (κ2) is 5.87. The van der Waals surface area contributed by atoms with Crippen LogP contribution in [0.3, 0.4) is 0 Å². The van der Waals surface area contributed by atoms with E-state index in [1.807, 2.05) is 6.92 Å². The summed E-state index contributed by atoms with van der Waals surface area (Å²) in [7, 11) is -3.28. The fourth-order valence-corrected chi connectivity index (χ4v) is 2.71. The molecule has 0 spiro atoms. The van der Waals surface area contributed by atoms with Gasteiger partial charge < -0.3 is 0 Å². The molecule has 0 aliphatic heterocycles. The average molecular weight is 282 g/mol. The Morgan fingerprint density at radius 2 is 1.94 bits per heavy atom. The van der Waals surface area contributed by atoms with E-state index < -0.39 is 10.0 Å². The molecule has 1 aromatic rings. The van der Waals surface area contributed by atoms with Gasteiger partial charge in [0, 0.05) is 6.54 Å². The molecular weight excluding hydrogens is 269 g/mol. The minimum absolute atomic E-state index is 0.0795. The SMILES string of the molecule is CCCNS(=O)(=O)Cc1ccc(Cl)c(Cl)c1. The smallest absolute Gasteiger partial charge is 0.215 e. The van der Waals surface area contributed by atoms with Crippen molar-refractivity contribution >= 4 is 33.2 Å². The summed E-state index contributed by atoms with van der Waals surface area (Å²) in [6.45, 7) is 2.35. The molecule has 6 heteroatoms. The van der Waals surface area contributed by atoms with Gasteiger partial charge >= 0.3 is 0 Å². The predicted molar refractivity (Wildman–Crippen MR) is 67.4 cm³/mol. The molecule has 1 aromatic carbocycles. The molecule has 0 unspecified atom stereocenters. The minimum atomic E-state index is -3.28. The van der Waals surface area contributed by atoms with Gasteiger partial charge in [-0.05, 0) is 24.1 Å². The van der Waals surface area contributed by atoms with Gasteiger partial charge in [-0.15, -0.1) is 0 Å². The van der Waals surface area contributed by atoms with Crippen LogP contribution in [-0.2, 0) is 15.8 Å². The zero-order valence-corrected chi connectivity index (χ0v) is 11.2. The van der Waals surface area contributed by atoms with Gasteiger partial charge in [0.15, 0.2) is 0 Å². The van der Waals surface area contributed by atoms with E-state index in [1.165, 1.54) is 0 Å². The lowest BCUT2D eigenvalue weighted by atomic mass is 10.2. The Hall–Kier alpha value is -0.290. The van der Waals surface area contributed by atoms with Gasteiger partial charge in [0.2, 0.25) is 10.0 Å². The third-order valence-electron chi connectivity index (χ3n) is 1.91. The van der Waals surface area contributed by atoms with Crippen molar-refractivity contribution in [3.8, 4) is 0 Å². The van der Waals surface area contributed by atoms with Crippen LogP contribution in [0.15, 0.2) is 18.2 Å². The number of rotatable bonds is 5. The first-order valence-corrected chi connectivity index (χ1v) is 7.26. The monoisotopic (exact) mass is 281 g/mol. The molecule has 0 saturated carbocycles. The van der Waals surface area contributed by atoms with Gasteiger partial charge in [-0.1, -0.05) is 36.2 Å². The summed E-state index contributed by atoms with van der Waals surface area (Å²) in [5, 5.41) is 0.786. The lowest BCUT2D eigenvalue weighted by Crippen LogP contribution is -2.25. The molecule has 0 amide bonds. The Balaban J connectivity index is 2.76. The van der Waals surface area contributed by atoms with Crippen molar-refractivity contribution in [3.05, 3.63) is 33.8 Å². The van der Waals surface area contributed by atoms with Crippen LogP contribution in [0, 0.1) is 0 Å².